The lowest BCUT2D eigenvalue weighted by Crippen LogP contribution is -2.46. The predicted octanol–water partition coefficient (Wildman–Crippen LogP) is 2.01. The highest BCUT2D eigenvalue weighted by Gasteiger charge is 2.33. The fourth-order valence-corrected chi connectivity index (χ4v) is 3.99. The van der Waals surface area contributed by atoms with Crippen molar-refractivity contribution in [3.8, 4) is 0 Å². The van der Waals surface area contributed by atoms with Gasteiger partial charge in [-0.2, -0.15) is 0 Å². The van der Waals surface area contributed by atoms with E-state index in [1.165, 1.54) is 24.1 Å². The van der Waals surface area contributed by atoms with Crippen LogP contribution in [0.5, 0.6) is 0 Å². The van der Waals surface area contributed by atoms with Gasteiger partial charge < -0.3 is 24.6 Å². The van der Waals surface area contributed by atoms with Crippen molar-refractivity contribution in [2.75, 3.05) is 49.1 Å². The number of halogens is 1. The minimum atomic E-state index is -0.558. The highest BCUT2D eigenvalue weighted by molar-refractivity contribution is 5.90. The summed E-state index contributed by atoms with van der Waals surface area (Å²) < 4.78 is 25.8. The molecule has 10 nitrogen and oxygen atoms in total. The van der Waals surface area contributed by atoms with Gasteiger partial charge in [-0.3, -0.25) is 14.6 Å². The molecule has 2 aliphatic heterocycles. The average molecular weight is 459 g/mol. The second kappa shape index (κ2) is 9.90. The zero-order valence-corrected chi connectivity index (χ0v) is 18.2. The number of ether oxygens (including phenoxy) is 1. The van der Waals surface area contributed by atoms with Crippen LogP contribution >= 0.6 is 0 Å². The van der Waals surface area contributed by atoms with Gasteiger partial charge in [0.2, 0.25) is 5.91 Å². The van der Waals surface area contributed by atoms with Crippen LogP contribution in [0.25, 0.3) is 0 Å². The fraction of sp³-hybridized carbons (Fsp3) is 0.409. The van der Waals surface area contributed by atoms with E-state index in [1.807, 2.05) is 11.0 Å². The molecule has 11 heteroatoms. The van der Waals surface area contributed by atoms with Gasteiger partial charge in [0.05, 0.1) is 31.0 Å². The minimum Gasteiger partial charge on any atom is -0.459 e. The Kier molecular flexibility index (Phi) is 6.78. The fourth-order valence-electron chi connectivity index (χ4n) is 3.99. The van der Waals surface area contributed by atoms with E-state index in [0.717, 1.165) is 18.8 Å². The quantitative estimate of drug-likeness (QED) is 0.370. The number of hydrogen-bond donors (Lipinski definition) is 2. The van der Waals surface area contributed by atoms with Gasteiger partial charge in [-0.1, -0.05) is 5.16 Å². The maximum atomic E-state index is 14.9. The van der Waals surface area contributed by atoms with Gasteiger partial charge in [-0.25, -0.2) is 9.18 Å². The van der Waals surface area contributed by atoms with Gasteiger partial charge in [0.25, 0.3) is 0 Å². The van der Waals surface area contributed by atoms with Crippen molar-refractivity contribution in [2.24, 2.45) is 5.16 Å². The van der Waals surface area contributed by atoms with Gasteiger partial charge in [-0.15, -0.1) is 0 Å². The van der Waals surface area contributed by atoms with Crippen molar-refractivity contribution >= 4 is 29.6 Å². The van der Waals surface area contributed by atoms with Gasteiger partial charge in [-0.05, 0) is 30.3 Å². The molecule has 2 amide bonds. The number of nitrogens with zero attached hydrogens (tertiary/aromatic N) is 4. The van der Waals surface area contributed by atoms with Crippen LogP contribution in [-0.4, -0.2) is 73.7 Å². The number of furan rings is 1. The van der Waals surface area contributed by atoms with Gasteiger partial charge in [0.15, 0.2) is 0 Å². The molecule has 1 atom stereocenters. The first kappa shape index (κ1) is 22.6. The van der Waals surface area contributed by atoms with E-state index in [0.29, 0.717) is 36.8 Å². The summed E-state index contributed by atoms with van der Waals surface area (Å²) in [5.41, 5.74) is 0.908. The smallest absolute Gasteiger partial charge is 0.414 e. The average Bonchev–Trinajstić information content (AvgIpc) is 3.39. The number of benzene rings is 1. The number of rotatable bonds is 7. The van der Waals surface area contributed by atoms with Crippen molar-refractivity contribution in [1.29, 1.82) is 0 Å². The van der Waals surface area contributed by atoms with E-state index in [-0.39, 0.29) is 19.0 Å². The molecule has 0 spiro atoms. The highest BCUT2D eigenvalue weighted by Crippen LogP contribution is 2.28. The Hall–Kier alpha value is -3.60. The van der Waals surface area contributed by atoms with Crippen molar-refractivity contribution in [1.82, 2.24) is 10.2 Å². The molecular formula is C22H26FN5O5. The molecule has 2 N–H and O–H groups in total. The van der Waals surface area contributed by atoms with E-state index in [2.05, 4.69) is 15.4 Å². The standard InChI is InChI=1S/C22H26FN5O5/c1-15(29)24-11-19-14-28(22(30)33-19)16-2-5-21(20(23)10-16)27-8-6-26(7-9-27)13-18-4-3-17(32-18)12-25-31/h2-5,10,12,19,31H,6-9,11,13-14H2,1H3,(H,24,29)/b25-12+/t19-/m0/s1. The molecule has 2 aliphatic rings. The lowest BCUT2D eigenvalue weighted by molar-refractivity contribution is -0.119. The summed E-state index contributed by atoms with van der Waals surface area (Å²) in [6.07, 6.45) is 0.203. The Morgan fingerprint density at radius 2 is 2.06 bits per heavy atom. The van der Waals surface area contributed by atoms with Crippen molar-refractivity contribution < 1.29 is 28.3 Å². The van der Waals surface area contributed by atoms with E-state index in [4.69, 9.17) is 14.4 Å². The molecule has 0 saturated carbocycles. The summed E-state index contributed by atoms with van der Waals surface area (Å²) in [6, 6.07) is 8.31. The summed E-state index contributed by atoms with van der Waals surface area (Å²) in [4.78, 5) is 28.8. The topological polar surface area (TPSA) is 111 Å². The van der Waals surface area contributed by atoms with Gasteiger partial charge in [0.1, 0.15) is 29.7 Å². The van der Waals surface area contributed by atoms with Crippen LogP contribution in [0.4, 0.5) is 20.6 Å². The molecule has 1 aromatic heterocycles. The number of anilines is 2. The summed E-state index contributed by atoms with van der Waals surface area (Å²) in [5.74, 6) is 0.642. The number of amides is 2. The number of oxime groups is 1. The maximum absolute atomic E-state index is 14.9. The van der Waals surface area contributed by atoms with Crippen LogP contribution in [-0.2, 0) is 16.1 Å². The van der Waals surface area contributed by atoms with Gasteiger partial charge in [0, 0.05) is 33.1 Å². The van der Waals surface area contributed by atoms with Crippen LogP contribution in [0.1, 0.15) is 18.4 Å². The second-order valence-electron chi connectivity index (χ2n) is 8.00. The summed E-state index contributed by atoms with van der Waals surface area (Å²) >= 11 is 0. The Bertz CT molecular complexity index is 1030. The maximum Gasteiger partial charge on any atom is 0.414 e. The SMILES string of the molecule is CC(=O)NC[C@H]1CN(c2ccc(N3CCN(Cc4ccc(/C=N/O)o4)CC3)c(F)c2)C(=O)O1. The largest absolute Gasteiger partial charge is 0.459 e. The normalized spacial score (nSPS) is 19.3. The molecule has 1 aromatic carbocycles. The zero-order chi connectivity index (χ0) is 23.4. The molecule has 0 radical (unpaired) electrons. The molecule has 33 heavy (non-hydrogen) atoms. The Morgan fingerprint density at radius 3 is 2.76 bits per heavy atom. The number of carbonyl (C=O) groups is 2. The van der Waals surface area contributed by atoms with Crippen LogP contribution in [0.3, 0.4) is 0 Å². The summed E-state index contributed by atoms with van der Waals surface area (Å²) in [7, 11) is 0. The third-order valence-electron chi connectivity index (χ3n) is 5.66. The van der Waals surface area contributed by atoms with Crippen molar-refractivity contribution in [3.05, 3.63) is 47.7 Å². The number of carbonyl (C=O) groups excluding carboxylic acids is 2. The lowest BCUT2D eigenvalue weighted by Gasteiger charge is -2.36. The summed E-state index contributed by atoms with van der Waals surface area (Å²) in [5, 5.41) is 14.2. The second-order valence-corrected chi connectivity index (χ2v) is 8.00. The lowest BCUT2D eigenvalue weighted by atomic mass is 10.2. The van der Waals surface area contributed by atoms with Crippen LogP contribution < -0.4 is 15.1 Å². The predicted molar refractivity (Wildman–Crippen MR) is 118 cm³/mol. The highest BCUT2D eigenvalue weighted by atomic mass is 19.1. The molecule has 4 rings (SSSR count). The molecule has 176 valence electrons. The first-order valence-corrected chi connectivity index (χ1v) is 10.7. The number of nitrogens with one attached hydrogen (secondary N) is 1. The zero-order valence-electron chi connectivity index (χ0n) is 18.2. The minimum absolute atomic E-state index is 0.204. The van der Waals surface area contributed by atoms with Crippen LogP contribution in [0.2, 0.25) is 0 Å². The number of cyclic esters (lactones) is 1. The first-order chi connectivity index (χ1) is 15.9. The Morgan fingerprint density at radius 1 is 1.27 bits per heavy atom. The molecular weight excluding hydrogens is 433 g/mol. The van der Waals surface area contributed by atoms with Crippen LogP contribution in [0.15, 0.2) is 39.9 Å². The van der Waals surface area contributed by atoms with Gasteiger partial charge >= 0.3 is 6.09 Å². The van der Waals surface area contributed by atoms with Crippen molar-refractivity contribution in [3.63, 3.8) is 0 Å². The third kappa shape index (κ3) is 5.43. The molecule has 2 fully saturated rings. The third-order valence-corrected chi connectivity index (χ3v) is 5.66. The summed E-state index contributed by atoms with van der Waals surface area (Å²) in [6.45, 7) is 5.23. The van der Waals surface area contributed by atoms with Crippen molar-refractivity contribution in [2.45, 2.75) is 19.6 Å². The Labute approximate surface area is 190 Å². The van der Waals surface area contributed by atoms with E-state index >= 15 is 0 Å². The van der Waals surface area contributed by atoms with E-state index in [9.17, 15) is 14.0 Å². The van der Waals surface area contributed by atoms with Crippen LogP contribution in [0, 0.1) is 5.82 Å². The molecule has 2 saturated heterocycles. The number of hydrogen-bond acceptors (Lipinski definition) is 8. The Balaban J connectivity index is 1.33. The first-order valence-electron chi connectivity index (χ1n) is 10.7. The molecule has 0 bridgehead atoms. The van der Waals surface area contributed by atoms with E-state index < -0.39 is 18.0 Å². The monoisotopic (exact) mass is 459 g/mol. The molecule has 3 heterocycles. The molecule has 0 unspecified atom stereocenters. The number of piperazine rings is 1. The molecule has 0 aliphatic carbocycles. The molecule has 2 aromatic rings. The van der Waals surface area contributed by atoms with E-state index in [1.54, 1.807) is 18.2 Å².